The van der Waals surface area contributed by atoms with Gasteiger partial charge in [-0.05, 0) is 0 Å². The van der Waals surface area contributed by atoms with Crippen molar-refractivity contribution < 1.29 is 9.53 Å². The van der Waals surface area contributed by atoms with Gasteiger partial charge in [-0.3, -0.25) is 0 Å². The fourth-order valence-electron chi connectivity index (χ4n) is 6.08. The number of hydrogen-bond acceptors (Lipinski definition) is 3. The number of carbonyl (C=O) groups excluding carboxylic acids is 1. The van der Waals surface area contributed by atoms with Crippen molar-refractivity contribution in [2.45, 2.75) is 44.1 Å². The molecule has 0 N–H and O–H groups in total. The Bertz CT molecular complexity index is 1110. The first kappa shape index (κ1) is 21.8. The van der Waals surface area contributed by atoms with E-state index in [-0.39, 0.29) is 11.9 Å². The van der Waals surface area contributed by atoms with E-state index in [1.807, 2.05) is 6.92 Å². The van der Waals surface area contributed by atoms with Gasteiger partial charge in [-0.15, -0.1) is 0 Å². The van der Waals surface area contributed by atoms with Crippen LogP contribution in [0.3, 0.4) is 0 Å². The topological polar surface area (TPSA) is 34.5 Å². The van der Waals surface area contributed by atoms with Crippen LogP contribution in [0.4, 0.5) is 0 Å². The molecule has 2 bridgehead atoms. The minimum absolute atomic E-state index is 0.0359. The summed E-state index contributed by atoms with van der Waals surface area (Å²) in [7, 11) is 2.26. The van der Waals surface area contributed by atoms with Crippen LogP contribution in [-0.2, 0) is 9.53 Å². The van der Waals surface area contributed by atoms with Gasteiger partial charge < -0.3 is 0 Å². The molecule has 1 saturated heterocycles. The zero-order valence-electron chi connectivity index (χ0n) is 19.2. The van der Waals surface area contributed by atoms with E-state index in [9.17, 15) is 4.79 Å². The predicted octanol–water partition coefficient (Wildman–Crippen LogP) is 4.51. The Morgan fingerprint density at radius 2 is 1.88 bits per heavy atom. The number of hydrogen-bond donors (Lipinski definition) is 0. The van der Waals surface area contributed by atoms with Gasteiger partial charge in [0.05, 0.1) is 0 Å². The molecule has 1 aromatic heterocycles. The van der Waals surface area contributed by atoms with Crippen LogP contribution < -0.4 is 4.46 Å². The number of nitrogens with zero attached hydrogens (tertiary/aromatic N) is 2. The molecule has 4 nitrogen and oxygen atoms in total. The molecule has 2 aliphatic heterocycles. The number of fused-ring (bicyclic) bond motifs is 6. The third-order valence-corrected chi connectivity index (χ3v) is 9.60. The third kappa shape index (κ3) is 3.61. The van der Waals surface area contributed by atoms with Crippen LogP contribution in [0.2, 0.25) is 5.32 Å². The fraction of sp³-hybridized carbons (Fsp3) is 0.444. The molecule has 3 heterocycles. The Morgan fingerprint density at radius 1 is 1.12 bits per heavy atom. The zero-order chi connectivity index (χ0) is 22.2. The quantitative estimate of drug-likeness (QED) is 0.373. The van der Waals surface area contributed by atoms with Gasteiger partial charge in [0.15, 0.2) is 0 Å². The predicted molar refractivity (Wildman–Crippen MR) is 131 cm³/mol. The van der Waals surface area contributed by atoms with Crippen molar-refractivity contribution in [2.75, 3.05) is 20.2 Å². The molecule has 32 heavy (non-hydrogen) atoms. The van der Waals surface area contributed by atoms with E-state index in [0.717, 1.165) is 19.4 Å². The summed E-state index contributed by atoms with van der Waals surface area (Å²) >= 11 is 0.461. The SMILES string of the molecule is CCOC(=O)[C@H]1c2c(C)c3ccccc3n2[C@@H]2C(CC[Se]c3ccccc3)[C@@H]1CCN2C. The molecule has 5 heteroatoms. The van der Waals surface area contributed by atoms with Gasteiger partial charge in [0.25, 0.3) is 0 Å². The van der Waals surface area contributed by atoms with Crippen LogP contribution in [0.15, 0.2) is 54.6 Å². The molecule has 1 fully saturated rings. The molecule has 0 radical (unpaired) electrons. The standard InChI is InChI=1S/C27H32N2O2Se/c1-4-31-27(30)24-21-14-16-28(3)26(22(21)15-17-32-19-10-6-5-7-11-19)29-23-13-9-8-12-20(23)18(2)25(24)29/h5-13,21-22,24,26H,4,14-17H2,1-3H3/t21-,22?,24+,26+/m0/s1. The Morgan fingerprint density at radius 3 is 2.66 bits per heavy atom. The molecule has 1 unspecified atom stereocenters. The molecule has 0 amide bonds. The van der Waals surface area contributed by atoms with Crippen molar-refractivity contribution in [1.29, 1.82) is 0 Å². The number of aromatic nitrogens is 1. The number of piperidine rings is 1. The monoisotopic (exact) mass is 496 g/mol. The van der Waals surface area contributed by atoms with Gasteiger partial charge >= 0.3 is 197 Å². The van der Waals surface area contributed by atoms with Crippen molar-refractivity contribution in [2.24, 2.45) is 11.8 Å². The summed E-state index contributed by atoms with van der Waals surface area (Å²) in [6, 6.07) is 19.5. The fourth-order valence-corrected chi connectivity index (χ4v) is 8.13. The number of esters is 1. The van der Waals surface area contributed by atoms with Crippen molar-refractivity contribution in [3.8, 4) is 0 Å². The molecular weight excluding hydrogens is 463 g/mol. The van der Waals surface area contributed by atoms with Crippen molar-refractivity contribution >= 4 is 36.3 Å². The summed E-state index contributed by atoms with van der Waals surface area (Å²) in [4.78, 5) is 15.9. The van der Waals surface area contributed by atoms with Gasteiger partial charge in [-0.25, -0.2) is 0 Å². The van der Waals surface area contributed by atoms with Crippen LogP contribution in [0, 0.1) is 18.8 Å². The molecule has 5 rings (SSSR count). The number of benzene rings is 2. The van der Waals surface area contributed by atoms with E-state index in [0.29, 0.717) is 39.6 Å². The molecule has 0 saturated carbocycles. The summed E-state index contributed by atoms with van der Waals surface area (Å²) < 4.78 is 9.63. The molecule has 168 valence electrons. The third-order valence-electron chi connectivity index (χ3n) is 7.40. The van der Waals surface area contributed by atoms with Gasteiger partial charge in [0.2, 0.25) is 0 Å². The first-order valence-electron chi connectivity index (χ1n) is 11.8. The van der Waals surface area contributed by atoms with E-state index < -0.39 is 0 Å². The molecule has 3 aromatic rings. The second-order valence-corrected chi connectivity index (χ2v) is 11.5. The van der Waals surface area contributed by atoms with Gasteiger partial charge in [0.1, 0.15) is 0 Å². The molecule has 2 aliphatic rings. The van der Waals surface area contributed by atoms with E-state index in [1.54, 1.807) is 0 Å². The van der Waals surface area contributed by atoms with Crippen molar-refractivity contribution in [1.82, 2.24) is 9.47 Å². The van der Waals surface area contributed by atoms with Gasteiger partial charge in [-0.1, -0.05) is 0 Å². The first-order valence-corrected chi connectivity index (χ1v) is 13.8. The van der Waals surface area contributed by atoms with Crippen LogP contribution >= 0.6 is 0 Å². The van der Waals surface area contributed by atoms with E-state index in [1.165, 1.54) is 31.9 Å². The summed E-state index contributed by atoms with van der Waals surface area (Å²) in [6.07, 6.45) is 2.51. The number of likely N-dealkylation sites (tertiary alicyclic amines) is 1. The number of carbonyl (C=O) groups is 1. The van der Waals surface area contributed by atoms with Crippen LogP contribution in [0.25, 0.3) is 10.9 Å². The average Bonchev–Trinajstić information content (AvgIpc) is 3.09. The summed E-state index contributed by atoms with van der Waals surface area (Å²) in [5, 5.41) is 2.47. The van der Waals surface area contributed by atoms with Gasteiger partial charge in [-0.2, -0.15) is 0 Å². The normalized spacial score (nSPS) is 25.0. The molecule has 4 atom stereocenters. The Hall–Kier alpha value is -2.07. The van der Waals surface area contributed by atoms with E-state index in [2.05, 4.69) is 78.0 Å². The average molecular weight is 496 g/mol. The van der Waals surface area contributed by atoms with Crippen molar-refractivity contribution in [3.63, 3.8) is 0 Å². The van der Waals surface area contributed by atoms with Crippen molar-refractivity contribution in [3.05, 3.63) is 65.9 Å². The van der Waals surface area contributed by atoms with Crippen LogP contribution in [0.5, 0.6) is 0 Å². The zero-order valence-corrected chi connectivity index (χ0v) is 20.9. The van der Waals surface area contributed by atoms with Gasteiger partial charge in [0, 0.05) is 0 Å². The first-order chi connectivity index (χ1) is 15.6. The maximum absolute atomic E-state index is 13.4. The number of rotatable bonds is 6. The second kappa shape index (κ2) is 9.05. The number of ether oxygens (including phenoxy) is 1. The van der Waals surface area contributed by atoms with Crippen LogP contribution in [-0.4, -0.2) is 50.6 Å². The second-order valence-electron chi connectivity index (χ2n) is 9.09. The summed E-state index contributed by atoms with van der Waals surface area (Å²) in [6.45, 7) is 5.57. The molecule has 0 spiro atoms. The minimum atomic E-state index is -0.165. The maximum atomic E-state index is 13.4. The number of para-hydroxylation sites is 1. The summed E-state index contributed by atoms with van der Waals surface area (Å²) in [5.41, 5.74) is 3.69. The summed E-state index contributed by atoms with van der Waals surface area (Å²) in [5.74, 6) is 0.599. The Labute approximate surface area is 197 Å². The van der Waals surface area contributed by atoms with E-state index in [4.69, 9.17) is 4.74 Å². The van der Waals surface area contributed by atoms with E-state index >= 15 is 0 Å². The number of aryl methyl sites for hydroxylation is 1. The molecule has 0 aliphatic carbocycles. The Kier molecular flexibility index (Phi) is 6.16. The van der Waals surface area contributed by atoms with Crippen LogP contribution in [0.1, 0.15) is 43.1 Å². The molecule has 2 aromatic carbocycles. The molecular formula is C27H32N2O2Se. The Balaban J connectivity index is 1.57.